The van der Waals surface area contributed by atoms with Gasteiger partial charge in [0.25, 0.3) is 0 Å². The van der Waals surface area contributed by atoms with Crippen molar-refractivity contribution in [2.24, 2.45) is 5.92 Å². The number of nitrogens with one attached hydrogen (secondary N) is 1. The van der Waals surface area contributed by atoms with E-state index in [0.29, 0.717) is 0 Å². The molecular formula is C12H19NO. The quantitative estimate of drug-likeness (QED) is 0.769. The van der Waals surface area contributed by atoms with Gasteiger partial charge in [-0.2, -0.15) is 0 Å². The first kappa shape index (κ1) is 11.1. The molecule has 0 radical (unpaired) electrons. The molecule has 2 heteroatoms. The molecule has 0 spiro atoms. The first-order chi connectivity index (χ1) is 6.59. The maximum absolute atomic E-state index is 9.30. The van der Waals surface area contributed by atoms with Crippen LogP contribution in [-0.4, -0.2) is 17.8 Å². The molecule has 0 bridgehead atoms. The van der Waals surface area contributed by atoms with E-state index in [4.69, 9.17) is 0 Å². The van der Waals surface area contributed by atoms with E-state index in [1.54, 1.807) is 0 Å². The molecule has 0 saturated heterocycles. The van der Waals surface area contributed by atoms with Crippen molar-refractivity contribution in [3.63, 3.8) is 0 Å². The third-order valence-electron chi connectivity index (χ3n) is 2.50. The lowest BCUT2D eigenvalue weighted by molar-refractivity contribution is 0.141. The lowest BCUT2D eigenvalue weighted by Gasteiger charge is -2.16. The van der Waals surface area contributed by atoms with Gasteiger partial charge in [0.05, 0.1) is 6.10 Å². The summed E-state index contributed by atoms with van der Waals surface area (Å²) >= 11 is 0. The van der Waals surface area contributed by atoms with Crippen LogP contribution in [0.5, 0.6) is 0 Å². The summed E-state index contributed by atoms with van der Waals surface area (Å²) in [6, 6.07) is 8.28. The fourth-order valence-corrected chi connectivity index (χ4v) is 1.12. The van der Waals surface area contributed by atoms with E-state index in [-0.39, 0.29) is 12.0 Å². The number of anilines is 1. The van der Waals surface area contributed by atoms with Gasteiger partial charge in [-0.15, -0.1) is 0 Å². The van der Waals surface area contributed by atoms with E-state index in [2.05, 4.69) is 36.5 Å². The van der Waals surface area contributed by atoms with Crippen LogP contribution in [-0.2, 0) is 0 Å². The highest BCUT2D eigenvalue weighted by Gasteiger charge is 2.07. The van der Waals surface area contributed by atoms with Crippen molar-refractivity contribution < 1.29 is 5.11 Å². The molecule has 2 atom stereocenters. The molecule has 0 heterocycles. The Labute approximate surface area is 86.0 Å². The average Bonchev–Trinajstić information content (AvgIpc) is 2.16. The van der Waals surface area contributed by atoms with Gasteiger partial charge in [0.1, 0.15) is 0 Å². The molecule has 0 aromatic heterocycles. The topological polar surface area (TPSA) is 32.3 Å². The SMILES string of the molecule is Cc1ccc(NCC(C)C(C)O)cc1. The fourth-order valence-electron chi connectivity index (χ4n) is 1.12. The van der Waals surface area contributed by atoms with E-state index in [1.165, 1.54) is 5.56 Å². The van der Waals surface area contributed by atoms with Crippen LogP contribution in [0.3, 0.4) is 0 Å². The Bertz CT molecular complexity index is 266. The summed E-state index contributed by atoms with van der Waals surface area (Å²) in [6.07, 6.45) is -0.257. The molecule has 2 nitrogen and oxygen atoms in total. The van der Waals surface area contributed by atoms with E-state index in [1.807, 2.05) is 13.8 Å². The summed E-state index contributed by atoms with van der Waals surface area (Å²) in [4.78, 5) is 0. The minimum absolute atomic E-state index is 0.257. The van der Waals surface area contributed by atoms with Crippen LogP contribution >= 0.6 is 0 Å². The standard InChI is InChI=1S/C12H19NO/c1-9-4-6-12(7-5-9)13-8-10(2)11(3)14/h4-7,10-11,13-14H,8H2,1-3H3. The third kappa shape index (κ3) is 3.38. The second-order valence-corrected chi connectivity index (χ2v) is 3.96. The van der Waals surface area contributed by atoms with Crippen molar-refractivity contribution in [1.29, 1.82) is 0 Å². The molecule has 2 unspecified atom stereocenters. The van der Waals surface area contributed by atoms with Crippen LogP contribution in [0.1, 0.15) is 19.4 Å². The van der Waals surface area contributed by atoms with E-state index >= 15 is 0 Å². The minimum atomic E-state index is -0.257. The van der Waals surface area contributed by atoms with Crippen molar-refractivity contribution in [1.82, 2.24) is 0 Å². The van der Waals surface area contributed by atoms with E-state index < -0.39 is 0 Å². The van der Waals surface area contributed by atoms with Gasteiger partial charge in [-0.05, 0) is 31.9 Å². The molecule has 0 aliphatic heterocycles. The Hall–Kier alpha value is -1.02. The molecular weight excluding hydrogens is 174 g/mol. The first-order valence-corrected chi connectivity index (χ1v) is 5.08. The normalized spacial score (nSPS) is 14.9. The molecule has 14 heavy (non-hydrogen) atoms. The second kappa shape index (κ2) is 5.01. The highest BCUT2D eigenvalue weighted by atomic mass is 16.3. The van der Waals surface area contributed by atoms with Crippen LogP contribution in [0.25, 0.3) is 0 Å². The Kier molecular flexibility index (Phi) is 3.96. The lowest BCUT2D eigenvalue weighted by Crippen LogP contribution is -2.21. The summed E-state index contributed by atoms with van der Waals surface area (Å²) in [6.45, 7) is 6.73. The second-order valence-electron chi connectivity index (χ2n) is 3.96. The molecule has 0 saturated carbocycles. The molecule has 0 aliphatic carbocycles. The Morgan fingerprint density at radius 2 is 1.79 bits per heavy atom. The van der Waals surface area contributed by atoms with Gasteiger partial charge < -0.3 is 10.4 Å². The van der Waals surface area contributed by atoms with Crippen LogP contribution in [0.4, 0.5) is 5.69 Å². The summed E-state index contributed by atoms with van der Waals surface area (Å²) in [5.74, 6) is 0.274. The molecule has 0 amide bonds. The van der Waals surface area contributed by atoms with Gasteiger partial charge >= 0.3 is 0 Å². The Morgan fingerprint density at radius 3 is 2.29 bits per heavy atom. The third-order valence-corrected chi connectivity index (χ3v) is 2.50. The highest BCUT2D eigenvalue weighted by Crippen LogP contribution is 2.10. The summed E-state index contributed by atoms with van der Waals surface area (Å²) in [5, 5.41) is 12.6. The molecule has 1 aromatic rings. The van der Waals surface area contributed by atoms with Crippen molar-refractivity contribution >= 4 is 5.69 Å². The molecule has 0 fully saturated rings. The summed E-state index contributed by atoms with van der Waals surface area (Å²) < 4.78 is 0. The number of aliphatic hydroxyl groups excluding tert-OH is 1. The van der Waals surface area contributed by atoms with Gasteiger partial charge in [-0.1, -0.05) is 24.6 Å². The number of benzene rings is 1. The van der Waals surface area contributed by atoms with Crippen LogP contribution < -0.4 is 5.32 Å². The predicted octanol–water partition coefficient (Wildman–Crippen LogP) is 2.42. The largest absolute Gasteiger partial charge is 0.393 e. The lowest BCUT2D eigenvalue weighted by atomic mass is 10.1. The van der Waals surface area contributed by atoms with Gasteiger partial charge in [-0.3, -0.25) is 0 Å². The molecule has 0 aliphatic rings. The van der Waals surface area contributed by atoms with Crippen molar-refractivity contribution in [2.75, 3.05) is 11.9 Å². The predicted molar refractivity (Wildman–Crippen MR) is 60.5 cm³/mol. The maximum atomic E-state index is 9.30. The van der Waals surface area contributed by atoms with Gasteiger partial charge in [0, 0.05) is 12.2 Å². The van der Waals surface area contributed by atoms with Crippen LogP contribution in [0.15, 0.2) is 24.3 Å². The number of aryl methyl sites for hydroxylation is 1. The van der Waals surface area contributed by atoms with Gasteiger partial charge in [0.15, 0.2) is 0 Å². The van der Waals surface area contributed by atoms with Crippen molar-refractivity contribution in [3.8, 4) is 0 Å². The van der Waals surface area contributed by atoms with Crippen LogP contribution in [0, 0.1) is 12.8 Å². The summed E-state index contributed by atoms with van der Waals surface area (Å²) in [7, 11) is 0. The van der Waals surface area contributed by atoms with Gasteiger partial charge in [-0.25, -0.2) is 0 Å². The average molecular weight is 193 g/mol. The maximum Gasteiger partial charge on any atom is 0.0554 e. The smallest absolute Gasteiger partial charge is 0.0554 e. The minimum Gasteiger partial charge on any atom is -0.393 e. The molecule has 2 N–H and O–H groups in total. The van der Waals surface area contributed by atoms with E-state index in [0.717, 1.165) is 12.2 Å². The zero-order chi connectivity index (χ0) is 10.6. The Balaban J connectivity index is 2.42. The number of rotatable bonds is 4. The summed E-state index contributed by atoms with van der Waals surface area (Å²) in [5.41, 5.74) is 2.38. The van der Waals surface area contributed by atoms with Crippen LogP contribution in [0.2, 0.25) is 0 Å². The van der Waals surface area contributed by atoms with E-state index in [9.17, 15) is 5.11 Å². The molecule has 1 rings (SSSR count). The van der Waals surface area contributed by atoms with Gasteiger partial charge in [0.2, 0.25) is 0 Å². The molecule has 78 valence electrons. The number of aliphatic hydroxyl groups is 1. The highest BCUT2D eigenvalue weighted by molar-refractivity contribution is 5.44. The fraction of sp³-hybridized carbons (Fsp3) is 0.500. The zero-order valence-corrected chi connectivity index (χ0v) is 9.12. The Morgan fingerprint density at radius 1 is 1.21 bits per heavy atom. The molecule has 1 aromatic carbocycles. The van der Waals surface area contributed by atoms with Crippen molar-refractivity contribution in [2.45, 2.75) is 26.9 Å². The number of hydrogen-bond acceptors (Lipinski definition) is 2. The zero-order valence-electron chi connectivity index (χ0n) is 9.12. The number of hydrogen-bond donors (Lipinski definition) is 2. The monoisotopic (exact) mass is 193 g/mol. The first-order valence-electron chi connectivity index (χ1n) is 5.08. The van der Waals surface area contributed by atoms with Crippen molar-refractivity contribution in [3.05, 3.63) is 29.8 Å².